The van der Waals surface area contributed by atoms with Crippen LogP contribution in [0.1, 0.15) is 18.4 Å². The lowest BCUT2D eigenvalue weighted by molar-refractivity contribution is -0.130. The zero-order valence-corrected chi connectivity index (χ0v) is 20.0. The molecule has 0 saturated carbocycles. The minimum Gasteiger partial charge on any atom is -0.497 e. The number of para-hydroxylation sites is 1. The van der Waals surface area contributed by atoms with Crippen molar-refractivity contribution in [3.63, 3.8) is 0 Å². The summed E-state index contributed by atoms with van der Waals surface area (Å²) in [6.45, 7) is 1.77. The van der Waals surface area contributed by atoms with Crippen molar-refractivity contribution in [3.8, 4) is 5.75 Å². The number of methoxy groups -OCH3 is 1. The molecule has 1 N–H and O–H groups in total. The Morgan fingerprint density at radius 3 is 2.51 bits per heavy atom. The number of fused-ring (bicyclic) bond motifs is 1. The third-order valence-electron chi connectivity index (χ3n) is 6.32. The van der Waals surface area contributed by atoms with E-state index in [4.69, 9.17) is 17.0 Å². The number of aromatic nitrogens is 1. The number of nitrogens with one attached hydrogen (secondary N) is 1. The Morgan fingerprint density at radius 2 is 1.80 bits per heavy atom. The van der Waals surface area contributed by atoms with Crippen molar-refractivity contribution in [2.75, 3.05) is 25.1 Å². The standard InChI is InChI=1S/C26H24N4O4S/c1-34-19-10-8-18(9-11-19)30-25(33)21(24(32)27-26(30)35)14-17-15-29(22-7-3-2-6-20(17)22)16-23(31)28-12-4-5-13-28/h2-3,6-11,14-15H,4-5,12-13,16H2,1H3,(H,27,32,35)/b21-14+. The Kier molecular flexibility index (Phi) is 6.08. The van der Waals surface area contributed by atoms with Gasteiger partial charge in [0.05, 0.1) is 12.8 Å². The van der Waals surface area contributed by atoms with Crippen molar-refractivity contribution in [2.24, 2.45) is 0 Å². The highest BCUT2D eigenvalue weighted by atomic mass is 32.1. The molecule has 2 aliphatic heterocycles. The molecule has 2 aliphatic rings. The molecule has 2 saturated heterocycles. The molecule has 3 heterocycles. The highest BCUT2D eigenvalue weighted by Crippen LogP contribution is 2.28. The van der Waals surface area contributed by atoms with Crippen molar-refractivity contribution >= 4 is 57.7 Å². The molecule has 0 spiro atoms. The van der Waals surface area contributed by atoms with E-state index in [1.807, 2.05) is 39.9 Å². The molecule has 2 aromatic carbocycles. The average Bonchev–Trinajstić information content (AvgIpc) is 3.51. The molecule has 0 atom stereocenters. The van der Waals surface area contributed by atoms with Crippen LogP contribution in [0.5, 0.6) is 5.75 Å². The molecule has 0 radical (unpaired) electrons. The molecule has 2 fully saturated rings. The first-order valence-electron chi connectivity index (χ1n) is 11.4. The number of amides is 3. The van der Waals surface area contributed by atoms with Gasteiger partial charge in [0.2, 0.25) is 5.91 Å². The second kappa shape index (κ2) is 9.34. The van der Waals surface area contributed by atoms with Crippen LogP contribution in [-0.2, 0) is 20.9 Å². The highest BCUT2D eigenvalue weighted by Gasteiger charge is 2.34. The summed E-state index contributed by atoms with van der Waals surface area (Å²) in [5.41, 5.74) is 2.02. The van der Waals surface area contributed by atoms with Crippen LogP contribution in [-0.4, -0.2) is 52.5 Å². The van der Waals surface area contributed by atoms with Gasteiger partial charge in [0.25, 0.3) is 11.8 Å². The topological polar surface area (TPSA) is 83.9 Å². The number of thiocarbonyl (C=S) groups is 1. The van der Waals surface area contributed by atoms with Gasteiger partial charge in [-0.2, -0.15) is 0 Å². The first kappa shape index (κ1) is 22.8. The number of ether oxygens (including phenoxy) is 1. The van der Waals surface area contributed by atoms with Crippen LogP contribution < -0.4 is 15.0 Å². The second-order valence-corrected chi connectivity index (χ2v) is 8.86. The number of nitrogens with zero attached hydrogens (tertiary/aromatic N) is 3. The summed E-state index contributed by atoms with van der Waals surface area (Å²) in [6.07, 6.45) is 5.44. The van der Waals surface area contributed by atoms with Crippen molar-refractivity contribution in [1.29, 1.82) is 0 Å². The molecule has 9 heteroatoms. The van der Waals surface area contributed by atoms with Gasteiger partial charge in [0.15, 0.2) is 5.11 Å². The van der Waals surface area contributed by atoms with Crippen molar-refractivity contribution in [3.05, 3.63) is 65.9 Å². The van der Waals surface area contributed by atoms with E-state index in [0.29, 0.717) is 17.0 Å². The molecule has 8 nitrogen and oxygen atoms in total. The molecule has 0 aliphatic carbocycles. The average molecular weight is 489 g/mol. The minimum absolute atomic E-state index is 0.0148. The van der Waals surface area contributed by atoms with Crippen molar-refractivity contribution < 1.29 is 19.1 Å². The maximum Gasteiger partial charge on any atom is 0.270 e. The monoisotopic (exact) mass is 488 g/mol. The minimum atomic E-state index is -0.560. The highest BCUT2D eigenvalue weighted by molar-refractivity contribution is 7.80. The lowest BCUT2D eigenvalue weighted by atomic mass is 10.1. The number of benzene rings is 2. The summed E-state index contributed by atoms with van der Waals surface area (Å²) >= 11 is 5.29. The predicted octanol–water partition coefficient (Wildman–Crippen LogP) is 3.10. The number of hydrogen-bond donors (Lipinski definition) is 1. The molecule has 3 amide bonds. The van der Waals surface area contributed by atoms with Gasteiger partial charge in [-0.1, -0.05) is 18.2 Å². The van der Waals surface area contributed by atoms with E-state index in [-0.39, 0.29) is 23.1 Å². The zero-order chi connectivity index (χ0) is 24.5. The number of carbonyl (C=O) groups is 3. The van der Waals surface area contributed by atoms with Crippen molar-refractivity contribution in [1.82, 2.24) is 14.8 Å². The first-order valence-corrected chi connectivity index (χ1v) is 11.8. The van der Waals surface area contributed by atoms with Crippen LogP contribution >= 0.6 is 12.2 Å². The third kappa shape index (κ3) is 4.30. The van der Waals surface area contributed by atoms with Gasteiger partial charge in [-0.05, 0) is 61.5 Å². The van der Waals surface area contributed by atoms with Gasteiger partial charge in [0.1, 0.15) is 17.9 Å². The maximum atomic E-state index is 13.4. The zero-order valence-electron chi connectivity index (χ0n) is 19.2. The van der Waals surface area contributed by atoms with E-state index in [9.17, 15) is 14.4 Å². The molecule has 0 bridgehead atoms. The largest absolute Gasteiger partial charge is 0.497 e. The molecule has 0 unspecified atom stereocenters. The van der Waals surface area contributed by atoms with Gasteiger partial charge in [-0.15, -0.1) is 0 Å². The Hall–Kier alpha value is -3.98. The number of rotatable bonds is 5. The van der Waals surface area contributed by atoms with Crippen molar-refractivity contribution in [2.45, 2.75) is 19.4 Å². The van der Waals surface area contributed by atoms with Gasteiger partial charge in [-0.25, -0.2) is 0 Å². The fraction of sp³-hybridized carbons (Fsp3) is 0.231. The summed E-state index contributed by atoms with van der Waals surface area (Å²) in [6, 6.07) is 14.5. The van der Waals surface area contributed by atoms with Crippen LogP contribution in [0.3, 0.4) is 0 Å². The Labute approximate surface area is 207 Å². The van der Waals surface area contributed by atoms with Gasteiger partial charge < -0.3 is 14.2 Å². The Bertz CT molecular complexity index is 1370. The number of carbonyl (C=O) groups excluding carboxylic acids is 3. The van der Waals surface area contributed by atoms with E-state index >= 15 is 0 Å². The quantitative estimate of drug-likeness (QED) is 0.339. The summed E-state index contributed by atoms with van der Waals surface area (Å²) in [5, 5.41) is 3.47. The predicted molar refractivity (Wildman–Crippen MR) is 137 cm³/mol. The summed E-state index contributed by atoms with van der Waals surface area (Å²) in [7, 11) is 1.56. The Balaban J connectivity index is 1.50. The number of anilines is 1. The van der Waals surface area contributed by atoms with E-state index in [1.54, 1.807) is 37.5 Å². The van der Waals surface area contributed by atoms with Crippen LogP contribution in [0, 0.1) is 0 Å². The normalized spacial score (nSPS) is 17.4. The molecule has 5 rings (SSSR count). The first-order chi connectivity index (χ1) is 17.0. The number of likely N-dealkylation sites (tertiary alicyclic amines) is 1. The molecular weight excluding hydrogens is 464 g/mol. The van der Waals surface area contributed by atoms with Gasteiger partial charge >= 0.3 is 0 Å². The van der Waals surface area contributed by atoms with Crippen LogP contribution in [0.4, 0.5) is 5.69 Å². The molecule has 3 aromatic rings. The van der Waals surface area contributed by atoms with Crippen LogP contribution in [0.2, 0.25) is 0 Å². The second-order valence-electron chi connectivity index (χ2n) is 8.47. The fourth-order valence-corrected chi connectivity index (χ4v) is 4.79. The lowest BCUT2D eigenvalue weighted by Gasteiger charge is -2.29. The molecule has 35 heavy (non-hydrogen) atoms. The van der Waals surface area contributed by atoms with E-state index in [2.05, 4.69) is 5.32 Å². The maximum absolute atomic E-state index is 13.4. The van der Waals surface area contributed by atoms with Gasteiger partial charge in [-0.3, -0.25) is 24.6 Å². The summed E-state index contributed by atoms with van der Waals surface area (Å²) in [5.74, 6) is -0.381. The lowest BCUT2D eigenvalue weighted by Crippen LogP contribution is -2.54. The third-order valence-corrected chi connectivity index (χ3v) is 6.60. The molecular formula is C26H24N4O4S. The number of hydrogen-bond acceptors (Lipinski definition) is 5. The SMILES string of the molecule is COc1ccc(N2C(=O)/C(=C/c3cn(CC(=O)N4CCCC4)c4ccccc34)C(=O)NC2=S)cc1. The van der Waals surface area contributed by atoms with Crippen LogP contribution in [0.15, 0.2) is 60.3 Å². The molecule has 1 aromatic heterocycles. The smallest absolute Gasteiger partial charge is 0.270 e. The van der Waals surface area contributed by atoms with Crippen LogP contribution in [0.25, 0.3) is 17.0 Å². The Morgan fingerprint density at radius 1 is 1.09 bits per heavy atom. The van der Waals surface area contributed by atoms with E-state index in [1.165, 1.54) is 4.90 Å². The summed E-state index contributed by atoms with van der Waals surface area (Å²) < 4.78 is 7.06. The van der Waals surface area contributed by atoms with Gasteiger partial charge in [0, 0.05) is 35.8 Å². The van der Waals surface area contributed by atoms with E-state index in [0.717, 1.165) is 36.8 Å². The summed E-state index contributed by atoms with van der Waals surface area (Å²) in [4.78, 5) is 42.1. The van der Waals surface area contributed by atoms with E-state index < -0.39 is 11.8 Å². The molecule has 178 valence electrons. The fourth-order valence-electron chi connectivity index (χ4n) is 4.51.